The predicted octanol–water partition coefficient (Wildman–Crippen LogP) is 0.137. The van der Waals surface area contributed by atoms with Gasteiger partial charge in [0, 0.05) is 32.2 Å². The van der Waals surface area contributed by atoms with Crippen molar-refractivity contribution in [1.29, 1.82) is 0 Å². The summed E-state index contributed by atoms with van der Waals surface area (Å²) in [4.78, 5) is 4.85. The number of hydrogen-bond acceptors (Lipinski definition) is 3. The van der Waals surface area contributed by atoms with Crippen molar-refractivity contribution < 1.29 is 0 Å². The zero-order chi connectivity index (χ0) is 9.68. The Hall–Kier alpha value is -0.380. The summed E-state index contributed by atoms with van der Waals surface area (Å²) in [6.45, 7) is 9.01. The van der Waals surface area contributed by atoms with E-state index in [0.29, 0.717) is 6.04 Å². The molecule has 0 aliphatic carbocycles. The average molecular weight is 183 g/mol. The minimum absolute atomic E-state index is 0.638. The van der Waals surface area contributed by atoms with Gasteiger partial charge in [-0.05, 0) is 20.0 Å². The molecule has 2 N–H and O–H groups in total. The first-order chi connectivity index (χ1) is 6.27. The summed E-state index contributed by atoms with van der Waals surface area (Å²) in [7, 11) is 2.19. The van der Waals surface area contributed by atoms with Crippen LogP contribution in [-0.4, -0.2) is 55.6 Å². The number of nitrogens with two attached hydrogens (primary N) is 1. The molecule has 76 valence electrons. The summed E-state index contributed by atoms with van der Waals surface area (Å²) >= 11 is 0. The molecule has 3 heteroatoms. The van der Waals surface area contributed by atoms with E-state index in [1.165, 1.54) is 0 Å². The molecule has 1 saturated heterocycles. The average Bonchev–Trinajstić information content (AvgIpc) is 2.12. The molecule has 0 spiro atoms. The highest BCUT2D eigenvalue weighted by atomic mass is 15.3. The molecule has 1 rings (SSSR count). The van der Waals surface area contributed by atoms with E-state index in [-0.39, 0.29) is 0 Å². The zero-order valence-electron chi connectivity index (χ0n) is 8.58. The largest absolute Gasteiger partial charge is 0.330 e. The van der Waals surface area contributed by atoms with E-state index in [2.05, 4.69) is 23.4 Å². The van der Waals surface area contributed by atoms with Gasteiger partial charge in [-0.1, -0.05) is 6.08 Å². The first-order valence-corrected chi connectivity index (χ1v) is 5.01. The van der Waals surface area contributed by atoms with Crippen LogP contribution in [-0.2, 0) is 0 Å². The molecule has 1 atom stereocenters. The normalized spacial score (nSPS) is 26.2. The fourth-order valence-corrected chi connectivity index (χ4v) is 1.86. The van der Waals surface area contributed by atoms with Crippen molar-refractivity contribution in [3.05, 3.63) is 12.7 Å². The molecule has 0 radical (unpaired) electrons. The summed E-state index contributed by atoms with van der Waals surface area (Å²) in [5.74, 6) is 0. The molecule has 1 fully saturated rings. The quantitative estimate of drug-likeness (QED) is 0.629. The predicted molar refractivity (Wildman–Crippen MR) is 56.7 cm³/mol. The number of nitrogens with zero attached hydrogens (tertiary/aromatic N) is 2. The topological polar surface area (TPSA) is 32.5 Å². The molecular formula is C10H21N3. The van der Waals surface area contributed by atoms with Crippen molar-refractivity contribution in [3.8, 4) is 0 Å². The van der Waals surface area contributed by atoms with E-state index >= 15 is 0 Å². The maximum absolute atomic E-state index is 5.58. The van der Waals surface area contributed by atoms with Gasteiger partial charge >= 0.3 is 0 Å². The van der Waals surface area contributed by atoms with Crippen LogP contribution in [0.1, 0.15) is 6.42 Å². The molecule has 3 nitrogen and oxygen atoms in total. The monoisotopic (exact) mass is 183 g/mol. The van der Waals surface area contributed by atoms with E-state index < -0.39 is 0 Å². The lowest BCUT2D eigenvalue weighted by Gasteiger charge is -2.39. The highest BCUT2D eigenvalue weighted by molar-refractivity contribution is 4.83. The first kappa shape index (κ1) is 10.7. The zero-order valence-corrected chi connectivity index (χ0v) is 8.58. The standard InChI is InChI=1S/C10H21N3/c1-3-6-13-8-7-12(2)10(9-13)4-5-11/h3,10H,1,4-9,11H2,2H3. The Bertz CT molecular complexity index is 158. The van der Waals surface area contributed by atoms with Gasteiger partial charge < -0.3 is 10.6 Å². The van der Waals surface area contributed by atoms with Gasteiger partial charge in [-0.2, -0.15) is 0 Å². The fourth-order valence-electron chi connectivity index (χ4n) is 1.86. The fraction of sp³-hybridized carbons (Fsp3) is 0.800. The maximum Gasteiger partial charge on any atom is 0.0232 e. The Kier molecular flexibility index (Phi) is 4.42. The third-order valence-corrected chi connectivity index (χ3v) is 2.75. The highest BCUT2D eigenvalue weighted by Gasteiger charge is 2.22. The van der Waals surface area contributed by atoms with Crippen LogP contribution >= 0.6 is 0 Å². The van der Waals surface area contributed by atoms with Gasteiger partial charge in [-0.3, -0.25) is 4.90 Å². The minimum atomic E-state index is 0.638. The van der Waals surface area contributed by atoms with Gasteiger partial charge in [0.1, 0.15) is 0 Å². The van der Waals surface area contributed by atoms with Crippen molar-refractivity contribution >= 4 is 0 Å². The van der Waals surface area contributed by atoms with Crippen molar-refractivity contribution in [3.63, 3.8) is 0 Å². The molecule has 0 aromatic carbocycles. The third-order valence-electron chi connectivity index (χ3n) is 2.75. The maximum atomic E-state index is 5.58. The number of rotatable bonds is 4. The van der Waals surface area contributed by atoms with Crippen LogP contribution in [0.25, 0.3) is 0 Å². The molecule has 0 saturated carbocycles. The van der Waals surface area contributed by atoms with Crippen LogP contribution in [0.15, 0.2) is 12.7 Å². The second kappa shape index (κ2) is 5.37. The molecule has 0 amide bonds. The second-order valence-corrected chi connectivity index (χ2v) is 3.76. The van der Waals surface area contributed by atoms with E-state index in [4.69, 9.17) is 5.73 Å². The molecule has 1 heterocycles. The van der Waals surface area contributed by atoms with Crippen LogP contribution in [0.5, 0.6) is 0 Å². The van der Waals surface area contributed by atoms with Crippen LogP contribution in [0.4, 0.5) is 0 Å². The van der Waals surface area contributed by atoms with Crippen LogP contribution in [0.3, 0.4) is 0 Å². The van der Waals surface area contributed by atoms with E-state index in [1.54, 1.807) is 0 Å². The lowest BCUT2D eigenvalue weighted by molar-refractivity contribution is 0.100. The summed E-state index contributed by atoms with van der Waals surface area (Å²) < 4.78 is 0. The Morgan fingerprint density at radius 2 is 2.31 bits per heavy atom. The summed E-state index contributed by atoms with van der Waals surface area (Å²) in [6, 6.07) is 0.638. The van der Waals surface area contributed by atoms with E-state index in [1.807, 2.05) is 6.08 Å². The Labute approximate surface area is 81.2 Å². The summed E-state index contributed by atoms with van der Waals surface area (Å²) in [5, 5.41) is 0. The van der Waals surface area contributed by atoms with Gasteiger partial charge in [0.2, 0.25) is 0 Å². The lowest BCUT2D eigenvalue weighted by Crippen LogP contribution is -2.51. The molecule has 1 aliphatic heterocycles. The van der Waals surface area contributed by atoms with Crippen LogP contribution in [0.2, 0.25) is 0 Å². The van der Waals surface area contributed by atoms with Gasteiger partial charge in [-0.15, -0.1) is 6.58 Å². The van der Waals surface area contributed by atoms with Crippen molar-refractivity contribution in [2.24, 2.45) is 5.73 Å². The van der Waals surface area contributed by atoms with Gasteiger partial charge in [0.25, 0.3) is 0 Å². The molecule has 0 aromatic heterocycles. The van der Waals surface area contributed by atoms with Crippen molar-refractivity contribution in [1.82, 2.24) is 9.80 Å². The molecule has 0 bridgehead atoms. The third kappa shape index (κ3) is 3.10. The summed E-state index contributed by atoms with van der Waals surface area (Å²) in [6.07, 6.45) is 3.08. The molecule has 1 aliphatic rings. The van der Waals surface area contributed by atoms with Gasteiger partial charge in [-0.25, -0.2) is 0 Å². The molecular weight excluding hydrogens is 162 g/mol. The van der Waals surface area contributed by atoms with Crippen LogP contribution in [0, 0.1) is 0 Å². The Balaban J connectivity index is 2.37. The first-order valence-electron chi connectivity index (χ1n) is 5.01. The highest BCUT2D eigenvalue weighted by Crippen LogP contribution is 2.09. The summed E-state index contributed by atoms with van der Waals surface area (Å²) in [5.41, 5.74) is 5.58. The Morgan fingerprint density at radius 1 is 1.54 bits per heavy atom. The van der Waals surface area contributed by atoms with Crippen molar-refractivity contribution in [2.75, 3.05) is 39.8 Å². The number of hydrogen-bond donors (Lipinski definition) is 1. The minimum Gasteiger partial charge on any atom is -0.330 e. The molecule has 0 aromatic rings. The number of piperazine rings is 1. The van der Waals surface area contributed by atoms with Crippen LogP contribution < -0.4 is 5.73 Å². The van der Waals surface area contributed by atoms with E-state index in [0.717, 1.165) is 39.1 Å². The molecule has 13 heavy (non-hydrogen) atoms. The van der Waals surface area contributed by atoms with E-state index in [9.17, 15) is 0 Å². The smallest absolute Gasteiger partial charge is 0.0232 e. The SMILES string of the molecule is C=CCN1CCN(C)C(CCN)C1. The van der Waals surface area contributed by atoms with Gasteiger partial charge in [0.15, 0.2) is 0 Å². The molecule has 1 unspecified atom stereocenters. The van der Waals surface area contributed by atoms with Crippen molar-refractivity contribution in [2.45, 2.75) is 12.5 Å². The number of likely N-dealkylation sites (N-methyl/N-ethyl adjacent to an activating group) is 1. The Morgan fingerprint density at radius 3 is 2.92 bits per heavy atom. The lowest BCUT2D eigenvalue weighted by atomic mass is 10.1. The van der Waals surface area contributed by atoms with Gasteiger partial charge in [0.05, 0.1) is 0 Å². The second-order valence-electron chi connectivity index (χ2n) is 3.76.